The summed E-state index contributed by atoms with van der Waals surface area (Å²) in [5, 5.41) is 9.00. The Balaban J connectivity index is 1.94. The number of hydrogen-bond acceptors (Lipinski definition) is 2. The minimum absolute atomic E-state index is 0.0764. The monoisotopic (exact) mass is 237 g/mol. The fourth-order valence-electron chi connectivity index (χ4n) is 2.65. The Morgan fingerprint density at radius 1 is 1.18 bits per heavy atom. The van der Waals surface area contributed by atoms with E-state index in [-0.39, 0.29) is 17.7 Å². The van der Waals surface area contributed by atoms with Crippen molar-refractivity contribution in [2.45, 2.75) is 32.1 Å². The van der Waals surface area contributed by atoms with Gasteiger partial charge in [0.05, 0.1) is 5.92 Å². The molecule has 0 spiro atoms. The van der Waals surface area contributed by atoms with Crippen LogP contribution in [-0.2, 0) is 9.59 Å². The molecule has 1 aliphatic heterocycles. The molecule has 2 atom stereocenters. The molecule has 94 valence electrons. The fraction of sp³-hybridized carbons (Fsp3) is 0.692. The van der Waals surface area contributed by atoms with E-state index in [0.717, 1.165) is 32.2 Å². The van der Waals surface area contributed by atoms with Crippen LogP contribution in [0.3, 0.4) is 0 Å². The molecule has 1 heterocycles. The summed E-state index contributed by atoms with van der Waals surface area (Å²) in [4.78, 5) is 24.9. The second kappa shape index (κ2) is 5.34. The number of carbonyl (C=O) groups is 2. The number of rotatable bonds is 2. The Bertz CT molecular complexity index is 338. The highest BCUT2D eigenvalue weighted by Gasteiger charge is 2.31. The summed E-state index contributed by atoms with van der Waals surface area (Å²) in [7, 11) is 0. The van der Waals surface area contributed by atoms with Crippen molar-refractivity contribution in [1.29, 1.82) is 0 Å². The Morgan fingerprint density at radius 2 is 2.00 bits per heavy atom. The molecule has 17 heavy (non-hydrogen) atoms. The normalized spacial score (nSPS) is 29.1. The summed E-state index contributed by atoms with van der Waals surface area (Å²) in [6.45, 7) is 1.12. The lowest BCUT2D eigenvalue weighted by molar-refractivity contribution is -0.146. The predicted octanol–water partition coefficient (Wildman–Crippen LogP) is 1.67. The largest absolute Gasteiger partial charge is 0.481 e. The zero-order valence-electron chi connectivity index (χ0n) is 9.97. The number of hydrogen-bond donors (Lipinski definition) is 1. The molecular formula is C13H19NO3. The summed E-state index contributed by atoms with van der Waals surface area (Å²) in [5.41, 5.74) is 0. The van der Waals surface area contributed by atoms with E-state index in [1.165, 1.54) is 0 Å². The number of carbonyl (C=O) groups excluding carboxylic acids is 1. The quantitative estimate of drug-likeness (QED) is 0.743. The highest BCUT2D eigenvalue weighted by atomic mass is 16.4. The smallest absolute Gasteiger partial charge is 0.308 e. The number of nitrogens with zero attached hydrogens (tertiary/aromatic N) is 1. The van der Waals surface area contributed by atoms with Crippen LogP contribution >= 0.6 is 0 Å². The summed E-state index contributed by atoms with van der Waals surface area (Å²) in [6.07, 6.45) is 8.36. The molecule has 1 saturated heterocycles. The average molecular weight is 237 g/mol. The van der Waals surface area contributed by atoms with Gasteiger partial charge in [-0.05, 0) is 32.1 Å². The lowest BCUT2D eigenvalue weighted by atomic mass is 9.91. The summed E-state index contributed by atoms with van der Waals surface area (Å²) >= 11 is 0. The maximum absolute atomic E-state index is 12.2. The van der Waals surface area contributed by atoms with Crippen molar-refractivity contribution >= 4 is 11.9 Å². The first-order valence-electron chi connectivity index (χ1n) is 6.35. The summed E-state index contributed by atoms with van der Waals surface area (Å²) in [6, 6.07) is 0. The number of allylic oxidation sites excluding steroid dienone is 2. The van der Waals surface area contributed by atoms with Gasteiger partial charge < -0.3 is 10.0 Å². The molecule has 2 rings (SSSR count). The number of likely N-dealkylation sites (tertiary alicyclic amines) is 1. The first kappa shape index (κ1) is 12.1. The van der Waals surface area contributed by atoms with Crippen molar-refractivity contribution in [3.05, 3.63) is 12.2 Å². The van der Waals surface area contributed by atoms with E-state index in [1.807, 2.05) is 0 Å². The number of carboxylic acid groups (broad SMARTS) is 1. The van der Waals surface area contributed by atoms with Crippen LogP contribution in [0.25, 0.3) is 0 Å². The van der Waals surface area contributed by atoms with Crippen LogP contribution in [0.4, 0.5) is 0 Å². The summed E-state index contributed by atoms with van der Waals surface area (Å²) < 4.78 is 0. The molecule has 0 aromatic rings. The van der Waals surface area contributed by atoms with Gasteiger partial charge in [-0.25, -0.2) is 0 Å². The van der Waals surface area contributed by atoms with Crippen molar-refractivity contribution in [3.8, 4) is 0 Å². The van der Waals surface area contributed by atoms with Gasteiger partial charge in [-0.2, -0.15) is 0 Å². The molecule has 0 radical (unpaired) electrons. The van der Waals surface area contributed by atoms with Crippen LogP contribution in [0.15, 0.2) is 12.2 Å². The maximum atomic E-state index is 12.2. The summed E-state index contributed by atoms with van der Waals surface area (Å²) in [5.74, 6) is -0.911. The van der Waals surface area contributed by atoms with Crippen molar-refractivity contribution in [2.75, 3.05) is 13.1 Å². The van der Waals surface area contributed by atoms with Crippen molar-refractivity contribution in [1.82, 2.24) is 4.90 Å². The van der Waals surface area contributed by atoms with Crippen LogP contribution in [0.2, 0.25) is 0 Å². The zero-order chi connectivity index (χ0) is 12.3. The molecule has 1 N–H and O–H groups in total. The van der Waals surface area contributed by atoms with E-state index in [4.69, 9.17) is 5.11 Å². The van der Waals surface area contributed by atoms with Gasteiger partial charge in [0, 0.05) is 19.0 Å². The van der Waals surface area contributed by atoms with Crippen LogP contribution in [-0.4, -0.2) is 35.0 Å². The van der Waals surface area contributed by atoms with Gasteiger partial charge in [-0.3, -0.25) is 9.59 Å². The second-order valence-electron chi connectivity index (χ2n) is 4.94. The molecule has 0 aromatic heterocycles. The highest BCUT2D eigenvalue weighted by molar-refractivity contribution is 5.80. The lowest BCUT2D eigenvalue weighted by Crippen LogP contribution is -2.45. The number of amides is 1. The Hall–Kier alpha value is -1.32. The number of carboxylic acids is 1. The van der Waals surface area contributed by atoms with Crippen molar-refractivity contribution < 1.29 is 14.7 Å². The second-order valence-corrected chi connectivity index (χ2v) is 4.94. The Morgan fingerprint density at radius 3 is 2.65 bits per heavy atom. The minimum atomic E-state index is -0.772. The topological polar surface area (TPSA) is 57.6 Å². The van der Waals surface area contributed by atoms with Crippen LogP contribution < -0.4 is 0 Å². The fourth-order valence-corrected chi connectivity index (χ4v) is 2.65. The molecule has 2 aliphatic rings. The molecule has 0 aromatic carbocycles. The van der Waals surface area contributed by atoms with E-state index in [9.17, 15) is 9.59 Å². The molecule has 0 unspecified atom stereocenters. The van der Waals surface area contributed by atoms with Crippen molar-refractivity contribution in [2.24, 2.45) is 11.8 Å². The van der Waals surface area contributed by atoms with Crippen LogP contribution in [0.5, 0.6) is 0 Å². The van der Waals surface area contributed by atoms with Gasteiger partial charge >= 0.3 is 5.97 Å². The predicted molar refractivity (Wildman–Crippen MR) is 63.4 cm³/mol. The van der Waals surface area contributed by atoms with Gasteiger partial charge in [0.2, 0.25) is 5.91 Å². The SMILES string of the molecule is O=C(O)[C@@H]1CCCN(C(=O)[C@H]2CC=CCC2)C1. The first-order valence-corrected chi connectivity index (χ1v) is 6.35. The van der Waals surface area contributed by atoms with E-state index in [0.29, 0.717) is 13.0 Å². The third-order valence-electron chi connectivity index (χ3n) is 3.70. The average Bonchev–Trinajstić information content (AvgIpc) is 2.39. The zero-order valence-corrected chi connectivity index (χ0v) is 9.97. The van der Waals surface area contributed by atoms with Gasteiger partial charge in [0.1, 0.15) is 0 Å². The highest BCUT2D eigenvalue weighted by Crippen LogP contribution is 2.24. The van der Waals surface area contributed by atoms with Crippen LogP contribution in [0, 0.1) is 11.8 Å². The van der Waals surface area contributed by atoms with Gasteiger partial charge in [0.25, 0.3) is 0 Å². The maximum Gasteiger partial charge on any atom is 0.308 e. The molecule has 1 amide bonds. The third kappa shape index (κ3) is 2.87. The molecule has 4 heteroatoms. The van der Waals surface area contributed by atoms with E-state index < -0.39 is 5.97 Å². The Labute approximate surface area is 101 Å². The van der Waals surface area contributed by atoms with Crippen molar-refractivity contribution in [3.63, 3.8) is 0 Å². The molecule has 0 saturated carbocycles. The molecule has 4 nitrogen and oxygen atoms in total. The van der Waals surface area contributed by atoms with Crippen LogP contribution in [0.1, 0.15) is 32.1 Å². The third-order valence-corrected chi connectivity index (χ3v) is 3.70. The standard InChI is InChI=1S/C13H19NO3/c15-12(10-5-2-1-3-6-10)14-8-4-7-11(9-14)13(16)17/h1-2,10-11H,3-9H2,(H,16,17)/t10-,11+/m0/s1. The number of piperidine rings is 1. The molecule has 1 fully saturated rings. The van der Waals surface area contributed by atoms with Gasteiger partial charge in [0.15, 0.2) is 0 Å². The van der Waals surface area contributed by atoms with E-state index >= 15 is 0 Å². The molecular weight excluding hydrogens is 218 g/mol. The minimum Gasteiger partial charge on any atom is -0.481 e. The van der Waals surface area contributed by atoms with E-state index in [2.05, 4.69) is 12.2 Å². The molecule has 1 aliphatic carbocycles. The molecule has 0 bridgehead atoms. The number of aliphatic carboxylic acids is 1. The van der Waals surface area contributed by atoms with Gasteiger partial charge in [-0.1, -0.05) is 12.2 Å². The lowest BCUT2D eigenvalue weighted by Gasteiger charge is -2.33. The van der Waals surface area contributed by atoms with Gasteiger partial charge in [-0.15, -0.1) is 0 Å². The van der Waals surface area contributed by atoms with E-state index in [1.54, 1.807) is 4.90 Å². The Kier molecular flexibility index (Phi) is 3.82. The first-order chi connectivity index (χ1) is 8.18.